The van der Waals surface area contributed by atoms with Crippen molar-refractivity contribution in [3.63, 3.8) is 0 Å². The molecule has 0 aliphatic carbocycles. The van der Waals surface area contributed by atoms with Crippen LogP contribution in [-0.4, -0.2) is 47.0 Å². The summed E-state index contributed by atoms with van der Waals surface area (Å²) >= 11 is 5.82. The van der Waals surface area contributed by atoms with Gasteiger partial charge >= 0.3 is 0 Å². The molecule has 1 unspecified atom stereocenters. The Labute approximate surface area is 114 Å². The van der Waals surface area contributed by atoms with Gasteiger partial charge in [0.25, 0.3) is 5.95 Å². The Hall–Kier alpha value is -1.80. The first-order valence-electron chi connectivity index (χ1n) is 5.73. The highest BCUT2D eigenvalue weighted by Crippen LogP contribution is 2.12. The van der Waals surface area contributed by atoms with E-state index in [1.54, 1.807) is 6.92 Å². The number of hydrogen-bond donors (Lipinski definition) is 2. The van der Waals surface area contributed by atoms with Gasteiger partial charge in [-0.15, -0.1) is 0 Å². The van der Waals surface area contributed by atoms with Gasteiger partial charge in [-0.05, 0) is 24.9 Å². The molecule has 0 amide bonds. The Balaban J connectivity index is 2.18. The second-order valence-electron chi connectivity index (χ2n) is 4.27. The van der Waals surface area contributed by atoms with Crippen molar-refractivity contribution < 1.29 is 5.11 Å². The molecule has 0 spiro atoms. The van der Waals surface area contributed by atoms with Gasteiger partial charge in [-0.1, -0.05) is 6.92 Å². The van der Waals surface area contributed by atoms with Gasteiger partial charge < -0.3 is 10.4 Å². The average molecular weight is 284 g/mol. The highest BCUT2D eigenvalue weighted by molar-refractivity contribution is 6.28. The normalized spacial score (nSPS) is 14.1. The van der Waals surface area contributed by atoms with Gasteiger partial charge in [0, 0.05) is 6.54 Å². The van der Waals surface area contributed by atoms with Gasteiger partial charge in [0.05, 0.1) is 5.60 Å². The summed E-state index contributed by atoms with van der Waals surface area (Å²) in [6, 6.07) is 0. The summed E-state index contributed by atoms with van der Waals surface area (Å²) in [5.74, 6) is 0.537. The van der Waals surface area contributed by atoms with Crippen molar-refractivity contribution in [3.8, 4) is 5.95 Å². The Morgan fingerprint density at radius 2 is 2.21 bits per heavy atom. The predicted molar refractivity (Wildman–Crippen MR) is 69.2 cm³/mol. The van der Waals surface area contributed by atoms with Crippen LogP contribution in [0.1, 0.15) is 20.3 Å². The Morgan fingerprint density at radius 1 is 1.42 bits per heavy atom. The molecule has 8 nitrogen and oxygen atoms in total. The van der Waals surface area contributed by atoms with E-state index in [2.05, 4.69) is 30.4 Å². The zero-order chi connectivity index (χ0) is 13.9. The highest BCUT2D eigenvalue weighted by Gasteiger charge is 2.18. The third-order valence-corrected chi connectivity index (χ3v) is 2.78. The topological polar surface area (TPSA) is 102 Å². The zero-order valence-corrected chi connectivity index (χ0v) is 11.3. The maximum atomic E-state index is 9.91. The van der Waals surface area contributed by atoms with Crippen LogP contribution >= 0.6 is 11.6 Å². The molecule has 2 heterocycles. The number of aliphatic hydroxyl groups is 1. The highest BCUT2D eigenvalue weighted by atomic mass is 35.5. The fourth-order valence-electron chi connectivity index (χ4n) is 1.23. The standard InChI is InChI=1S/C10H14ClN7O/c1-3-10(2,19)4-13-8-15-7(11)16-9(17-8)18-6-12-5-14-18/h5-6,19H,3-4H2,1-2H3,(H,13,15,16,17). The number of nitrogens with zero attached hydrogens (tertiary/aromatic N) is 6. The summed E-state index contributed by atoms with van der Waals surface area (Å²) < 4.78 is 1.37. The molecule has 0 saturated carbocycles. The summed E-state index contributed by atoms with van der Waals surface area (Å²) in [6.45, 7) is 3.92. The second kappa shape index (κ2) is 5.45. The molecule has 0 aliphatic rings. The third kappa shape index (κ3) is 3.58. The minimum Gasteiger partial charge on any atom is -0.388 e. The average Bonchev–Trinajstić information content (AvgIpc) is 2.90. The number of anilines is 1. The maximum absolute atomic E-state index is 9.91. The lowest BCUT2D eigenvalue weighted by atomic mass is 10.0. The molecule has 102 valence electrons. The van der Waals surface area contributed by atoms with Gasteiger partial charge in [0.2, 0.25) is 11.2 Å². The van der Waals surface area contributed by atoms with Crippen molar-refractivity contribution in [1.29, 1.82) is 0 Å². The van der Waals surface area contributed by atoms with Crippen molar-refractivity contribution in [1.82, 2.24) is 29.7 Å². The summed E-state index contributed by atoms with van der Waals surface area (Å²) in [6.07, 6.45) is 3.43. The molecule has 1 atom stereocenters. The van der Waals surface area contributed by atoms with Crippen LogP contribution < -0.4 is 5.32 Å². The van der Waals surface area contributed by atoms with E-state index >= 15 is 0 Å². The lowest BCUT2D eigenvalue weighted by Crippen LogP contribution is -2.33. The minimum atomic E-state index is -0.841. The van der Waals surface area contributed by atoms with E-state index < -0.39 is 5.60 Å². The number of nitrogens with one attached hydrogen (secondary N) is 1. The number of rotatable bonds is 5. The number of hydrogen-bond acceptors (Lipinski definition) is 7. The first-order valence-corrected chi connectivity index (χ1v) is 6.11. The molecule has 0 aromatic carbocycles. The van der Waals surface area contributed by atoms with Crippen LogP contribution in [0.15, 0.2) is 12.7 Å². The summed E-state index contributed by atoms with van der Waals surface area (Å²) in [4.78, 5) is 15.8. The Morgan fingerprint density at radius 3 is 2.84 bits per heavy atom. The molecular formula is C10H14ClN7O. The van der Waals surface area contributed by atoms with Crippen molar-refractivity contribution in [2.24, 2.45) is 0 Å². The van der Waals surface area contributed by atoms with Gasteiger partial charge in [0.1, 0.15) is 12.7 Å². The summed E-state index contributed by atoms with van der Waals surface area (Å²) in [5.41, 5.74) is -0.841. The first-order chi connectivity index (χ1) is 9.00. The fraction of sp³-hybridized carbons (Fsp3) is 0.500. The maximum Gasteiger partial charge on any atom is 0.258 e. The van der Waals surface area contributed by atoms with E-state index in [0.29, 0.717) is 13.0 Å². The van der Waals surface area contributed by atoms with Gasteiger partial charge in [-0.25, -0.2) is 4.98 Å². The van der Waals surface area contributed by atoms with E-state index in [0.717, 1.165) is 0 Å². The molecule has 9 heteroatoms. The Bertz CT molecular complexity index is 543. The second-order valence-corrected chi connectivity index (χ2v) is 4.61. The molecule has 2 N–H and O–H groups in total. The third-order valence-electron chi connectivity index (χ3n) is 2.61. The van der Waals surface area contributed by atoms with Gasteiger partial charge in [-0.2, -0.15) is 24.7 Å². The largest absolute Gasteiger partial charge is 0.388 e. The quantitative estimate of drug-likeness (QED) is 0.832. The monoisotopic (exact) mass is 283 g/mol. The van der Waals surface area contributed by atoms with E-state index in [9.17, 15) is 5.11 Å². The summed E-state index contributed by atoms with van der Waals surface area (Å²) in [5, 5.41) is 16.8. The van der Waals surface area contributed by atoms with Crippen molar-refractivity contribution >= 4 is 17.5 Å². The van der Waals surface area contributed by atoms with Gasteiger partial charge in [0.15, 0.2) is 0 Å². The van der Waals surface area contributed by atoms with Crippen LogP contribution in [-0.2, 0) is 0 Å². The van der Waals surface area contributed by atoms with Gasteiger partial charge in [-0.3, -0.25) is 0 Å². The van der Waals surface area contributed by atoms with E-state index in [4.69, 9.17) is 11.6 Å². The summed E-state index contributed by atoms with van der Waals surface area (Å²) in [7, 11) is 0. The van der Waals surface area contributed by atoms with Crippen LogP contribution in [0.3, 0.4) is 0 Å². The zero-order valence-electron chi connectivity index (χ0n) is 10.6. The lowest BCUT2D eigenvalue weighted by Gasteiger charge is -2.21. The predicted octanol–water partition coefficient (Wildman–Crippen LogP) is 0.679. The molecule has 0 radical (unpaired) electrons. The van der Waals surface area contributed by atoms with E-state index in [1.807, 2.05) is 6.92 Å². The molecule has 2 rings (SSSR count). The Kier molecular flexibility index (Phi) is 3.91. The van der Waals surface area contributed by atoms with Crippen LogP contribution in [0, 0.1) is 0 Å². The molecule has 0 saturated heterocycles. The lowest BCUT2D eigenvalue weighted by molar-refractivity contribution is 0.0695. The van der Waals surface area contributed by atoms with E-state index in [1.165, 1.54) is 17.3 Å². The van der Waals surface area contributed by atoms with E-state index in [-0.39, 0.29) is 17.2 Å². The van der Waals surface area contributed by atoms with Crippen LogP contribution in [0.5, 0.6) is 0 Å². The SMILES string of the molecule is CCC(C)(O)CNc1nc(Cl)nc(-n2cncn2)n1. The van der Waals surface area contributed by atoms with Crippen LogP contribution in [0.4, 0.5) is 5.95 Å². The molecule has 0 aliphatic heterocycles. The molecular weight excluding hydrogens is 270 g/mol. The molecule has 2 aromatic rings. The van der Waals surface area contributed by atoms with Crippen molar-refractivity contribution in [3.05, 3.63) is 17.9 Å². The molecule has 19 heavy (non-hydrogen) atoms. The molecule has 0 bridgehead atoms. The first kappa shape index (κ1) is 13.6. The van der Waals surface area contributed by atoms with Crippen molar-refractivity contribution in [2.75, 3.05) is 11.9 Å². The number of halogens is 1. The number of aromatic nitrogens is 6. The fourth-order valence-corrected chi connectivity index (χ4v) is 1.38. The van der Waals surface area contributed by atoms with Crippen LogP contribution in [0.2, 0.25) is 5.28 Å². The minimum absolute atomic E-state index is 0.0409. The van der Waals surface area contributed by atoms with Crippen molar-refractivity contribution in [2.45, 2.75) is 25.9 Å². The smallest absolute Gasteiger partial charge is 0.258 e. The van der Waals surface area contributed by atoms with Crippen LogP contribution in [0.25, 0.3) is 5.95 Å². The molecule has 0 fully saturated rings. The molecule has 2 aromatic heterocycles.